The Morgan fingerprint density at radius 3 is 2.49 bits per heavy atom. The van der Waals surface area contributed by atoms with Gasteiger partial charge in [-0.05, 0) is 56.0 Å². The number of hydrogen-bond donors (Lipinski definition) is 3. The van der Waals surface area contributed by atoms with Gasteiger partial charge >= 0.3 is 6.03 Å². The molecule has 2 aromatic heterocycles. The molecule has 37 heavy (non-hydrogen) atoms. The van der Waals surface area contributed by atoms with Crippen molar-refractivity contribution in [1.82, 2.24) is 20.2 Å². The normalized spacial score (nSPS) is 15.2. The van der Waals surface area contributed by atoms with E-state index < -0.39 is 11.6 Å². The van der Waals surface area contributed by atoms with Crippen molar-refractivity contribution in [2.75, 3.05) is 23.7 Å². The van der Waals surface area contributed by atoms with Gasteiger partial charge in [-0.3, -0.25) is 14.9 Å². The molecule has 10 heteroatoms. The molecule has 1 aromatic carbocycles. The first-order chi connectivity index (χ1) is 17.4. The fraction of sp³-hybridized carbons (Fsp3) is 0.370. The van der Waals surface area contributed by atoms with Gasteiger partial charge in [0.1, 0.15) is 10.5 Å². The standard InChI is InChI=1S/C27H32N6O3S/c1-16-8-9-17(14-18(16)21-28-10-7-11-29-21)31-25(36)32-22-19(15-20(37-22)26(2,3)4)23(34)33-13-12-30-24(35)27(33,5)6/h7-11,14-15H,12-13H2,1-6H3,(H,30,35)(H2,31,32,36). The Kier molecular flexibility index (Phi) is 7.05. The molecule has 1 aliphatic rings. The predicted molar refractivity (Wildman–Crippen MR) is 146 cm³/mol. The van der Waals surface area contributed by atoms with Crippen LogP contribution in [0.25, 0.3) is 11.4 Å². The van der Waals surface area contributed by atoms with Gasteiger partial charge in [0, 0.05) is 41.6 Å². The number of aromatic nitrogens is 2. The number of benzene rings is 1. The Balaban J connectivity index is 1.61. The maximum atomic E-state index is 13.7. The van der Waals surface area contributed by atoms with Gasteiger partial charge in [0.05, 0.1) is 5.56 Å². The molecule has 1 fully saturated rings. The fourth-order valence-electron chi connectivity index (χ4n) is 4.06. The molecule has 0 aliphatic carbocycles. The van der Waals surface area contributed by atoms with E-state index in [2.05, 4.69) is 46.7 Å². The van der Waals surface area contributed by atoms with Crippen molar-refractivity contribution in [3.05, 3.63) is 58.7 Å². The van der Waals surface area contributed by atoms with Crippen LogP contribution in [0.3, 0.4) is 0 Å². The van der Waals surface area contributed by atoms with E-state index in [9.17, 15) is 14.4 Å². The van der Waals surface area contributed by atoms with Crippen molar-refractivity contribution in [1.29, 1.82) is 0 Å². The molecule has 0 spiro atoms. The number of anilines is 2. The minimum absolute atomic E-state index is 0.205. The van der Waals surface area contributed by atoms with Crippen LogP contribution < -0.4 is 16.0 Å². The highest BCUT2D eigenvalue weighted by atomic mass is 32.1. The quantitative estimate of drug-likeness (QED) is 0.457. The number of piperazine rings is 1. The second kappa shape index (κ2) is 9.93. The van der Waals surface area contributed by atoms with Crippen molar-refractivity contribution < 1.29 is 14.4 Å². The molecule has 0 unspecified atom stereocenters. The molecule has 4 amide bonds. The average molecular weight is 521 g/mol. The maximum absolute atomic E-state index is 13.7. The molecule has 0 saturated carbocycles. The van der Waals surface area contributed by atoms with Gasteiger partial charge < -0.3 is 15.5 Å². The highest BCUT2D eigenvalue weighted by Gasteiger charge is 2.42. The SMILES string of the molecule is Cc1ccc(NC(=O)Nc2sc(C(C)(C)C)cc2C(=O)N2CCNC(=O)C2(C)C)cc1-c1ncccn1. The third-order valence-corrected chi connectivity index (χ3v) is 7.80. The van der Waals surface area contributed by atoms with E-state index in [1.807, 2.05) is 25.1 Å². The Hall–Kier alpha value is -3.79. The van der Waals surface area contributed by atoms with Crippen LogP contribution in [0, 0.1) is 6.92 Å². The van der Waals surface area contributed by atoms with Gasteiger partial charge in [0.15, 0.2) is 5.82 Å². The summed E-state index contributed by atoms with van der Waals surface area (Å²) in [6.07, 6.45) is 3.34. The zero-order valence-electron chi connectivity index (χ0n) is 21.9. The molecule has 4 rings (SSSR count). The van der Waals surface area contributed by atoms with Crippen molar-refractivity contribution in [2.24, 2.45) is 0 Å². The molecular formula is C27H32N6O3S. The summed E-state index contributed by atoms with van der Waals surface area (Å²) in [5, 5.41) is 8.98. The summed E-state index contributed by atoms with van der Waals surface area (Å²) in [6, 6.07) is 8.61. The van der Waals surface area contributed by atoms with Gasteiger partial charge in [-0.2, -0.15) is 0 Å². The molecule has 0 bridgehead atoms. The van der Waals surface area contributed by atoms with Gasteiger partial charge in [0.25, 0.3) is 5.91 Å². The maximum Gasteiger partial charge on any atom is 0.324 e. The Morgan fingerprint density at radius 2 is 1.81 bits per heavy atom. The number of rotatable bonds is 4. The number of nitrogens with zero attached hydrogens (tertiary/aromatic N) is 3. The van der Waals surface area contributed by atoms with Crippen LogP contribution in [0.2, 0.25) is 0 Å². The summed E-state index contributed by atoms with van der Waals surface area (Å²) in [4.78, 5) is 50.3. The highest BCUT2D eigenvalue weighted by molar-refractivity contribution is 7.16. The number of carbonyl (C=O) groups excluding carboxylic acids is 3. The summed E-state index contributed by atoms with van der Waals surface area (Å²) in [6.45, 7) is 12.3. The number of carbonyl (C=O) groups is 3. The minimum Gasteiger partial charge on any atom is -0.352 e. The number of thiophene rings is 1. The Morgan fingerprint density at radius 1 is 1.11 bits per heavy atom. The summed E-state index contributed by atoms with van der Waals surface area (Å²) in [7, 11) is 0. The second-order valence-corrected chi connectivity index (χ2v) is 11.6. The Bertz CT molecular complexity index is 1340. The van der Waals surface area contributed by atoms with Crippen LogP contribution in [0.5, 0.6) is 0 Å². The summed E-state index contributed by atoms with van der Waals surface area (Å²) in [5.41, 5.74) is 1.50. The topological polar surface area (TPSA) is 116 Å². The first kappa shape index (κ1) is 26.3. The third kappa shape index (κ3) is 5.48. The van der Waals surface area contributed by atoms with E-state index >= 15 is 0 Å². The van der Waals surface area contributed by atoms with Crippen molar-refractivity contribution in [3.63, 3.8) is 0 Å². The van der Waals surface area contributed by atoms with Crippen LogP contribution in [0.1, 0.15) is 55.4 Å². The van der Waals surface area contributed by atoms with E-state index in [4.69, 9.17) is 0 Å². The molecule has 1 saturated heterocycles. The lowest BCUT2D eigenvalue weighted by Gasteiger charge is -2.41. The lowest BCUT2D eigenvalue weighted by molar-refractivity contribution is -0.133. The minimum atomic E-state index is -1.00. The van der Waals surface area contributed by atoms with E-state index in [0.29, 0.717) is 35.2 Å². The average Bonchev–Trinajstić information content (AvgIpc) is 3.26. The lowest BCUT2D eigenvalue weighted by Crippen LogP contribution is -2.63. The molecule has 194 valence electrons. The number of hydrogen-bond acceptors (Lipinski definition) is 6. The van der Waals surface area contributed by atoms with Crippen LogP contribution in [0.15, 0.2) is 42.7 Å². The number of aryl methyl sites for hydroxylation is 1. The molecule has 3 heterocycles. The fourth-order valence-corrected chi connectivity index (χ4v) is 5.16. The van der Waals surface area contributed by atoms with Gasteiger partial charge in [-0.25, -0.2) is 14.8 Å². The van der Waals surface area contributed by atoms with Crippen LogP contribution in [0.4, 0.5) is 15.5 Å². The van der Waals surface area contributed by atoms with Crippen LogP contribution in [-0.2, 0) is 10.2 Å². The third-order valence-electron chi connectivity index (χ3n) is 6.33. The molecular weight excluding hydrogens is 488 g/mol. The summed E-state index contributed by atoms with van der Waals surface area (Å²) < 4.78 is 0. The van der Waals surface area contributed by atoms with Crippen molar-refractivity contribution >= 4 is 39.9 Å². The zero-order chi connectivity index (χ0) is 27.0. The van der Waals surface area contributed by atoms with Crippen molar-refractivity contribution in [2.45, 2.75) is 52.5 Å². The number of amides is 4. The zero-order valence-corrected chi connectivity index (χ0v) is 22.7. The van der Waals surface area contributed by atoms with Gasteiger partial charge in [-0.15, -0.1) is 11.3 Å². The monoisotopic (exact) mass is 520 g/mol. The number of urea groups is 1. The van der Waals surface area contributed by atoms with Crippen LogP contribution in [-0.4, -0.2) is 51.3 Å². The van der Waals surface area contributed by atoms with E-state index in [0.717, 1.165) is 16.0 Å². The summed E-state index contributed by atoms with van der Waals surface area (Å²) >= 11 is 1.36. The van der Waals surface area contributed by atoms with Gasteiger partial charge in [0.2, 0.25) is 5.91 Å². The molecule has 1 aliphatic heterocycles. The van der Waals surface area contributed by atoms with Crippen molar-refractivity contribution in [3.8, 4) is 11.4 Å². The first-order valence-electron chi connectivity index (χ1n) is 12.1. The Labute approximate surface area is 220 Å². The van der Waals surface area contributed by atoms with E-state index in [1.54, 1.807) is 43.3 Å². The van der Waals surface area contributed by atoms with E-state index in [-0.39, 0.29) is 17.2 Å². The van der Waals surface area contributed by atoms with E-state index in [1.165, 1.54) is 11.3 Å². The smallest absolute Gasteiger partial charge is 0.324 e. The largest absolute Gasteiger partial charge is 0.352 e. The molecule has 9 nitrogen and oxygen atoms in total. The molecule has 0 atom stereocenters. The predicted octanol–water partition coefficient (Wildman–Crippen LogP) is 4.81. The van der Waals surface area contributed by atoms with Gasteiger partial charge in [-0.1, -0.05) is 26.8 Å². The highest BCUT2D eigenvalue weighted by Crippen LogP contribution is 2.38. The first-order valence-corrected chi connectivity index (χ1v) is 12.9. The lowest BCUT2D eigenvalue weighted by atomic mass is 9.93. The number of nitrogens with one attached hydrogen (secondary N) is 3. The summed E-state index contributed by atoms with van der Waals surface area (Å²) in [5.74, 6) is 0.0714. The molecule has 3 N–H and O–H groups in total. The van der Waals surface area contributed by atoms with Crippen LogP contribution >= 0.6 is 11.3 Å². The molecule has 0 radical (unpaired) electrons. The molecule has 3 aromatic rings. The second-order valence-electron chi connectivity index (χ2n) is 10.6.